The van der Waals surface area contributed by atoms with E-state index in [1.54, 1.807) is 0 Å². The monoisotopic (exact) mass is 470 g/mol. The van der Waals surface area contributed by atoms with Gasteiger partial charge in [-0.25, -0.2) is 0 Å². The van der Waals surface area contributed by atoms with Crippen molar-refractivity contribution in [3.8, 4) is 0 Å². The first-order valence-electron chi connectivity index (χ1n) is 10.4. The fraction of sp³-hybridized carbons (Fsp3) is 0.360. The van der Waals surface area contributed by atoms with Gasteiger partial charge < -0.3 is 5.32 Å². The Hall–Kier alpha value is -1.55. The number of nitrogens with zero attached hydrogens (tertiary/aromatic N) is 1. The maximum atomic E-state index is 6.45. The fourth-order valence-electron chi connectivity index (χ4n) is 4.49. The van der Waals surface area contributed by atoms with Crippen LogP contribution in [0.2, 0.25) is 5.02 Å². The van der Waals surface area contributed by atoms with Crippen LogP contribution in [0, 0.1) is 0 Å². The van der Waals surface area contributed by atoms with E-state index in [4.69, 9.17) is 11.6 Å². The Kier molecular flexibility index (Phi) is 6.48. The fourth-order valence-corrected chi connectivity index (χ4v) is 5.14. The molecule has 2 aromatic carbocycles. The molecule has 0 radical (unpaired) electrons. The molecule has 0 saturated carbocycles. The second-order valence-corrected chi connectivity index (χ2v) is 9.42. The van der Waals surface area contributed by atoms with Gasteiger partial charge in [0.25, 0.3) is 0 Å². The van der Waals surface area contributed by atoms with Crippen LogP contribution in [0.5, 0.6) is 0 Å². The van der Waals surface area contributed by atoms with Crippen LogP contribution in [0.1, 0.15) is 43.4 Å². The van der Waals surface area contributed by atoms with Crippen LogP contribution < -0.4 is 5.32 Å². The highest BCUT2D eigenvalue weighted by Crippen LogP contribution is 2.30. The maximum absolute atomic E-state index is 6.45. The van der Waals surface area contributed by atoms with Crippen molar-refractivity contribution in [3.05, 3.63) is 86.0 Å². The van der Waals surface area contributed by atoms with E-state index in [-0.39, 0.29) is 0 Å². The average molecular weight is 472 g/mol. The highest BCUT2D eigenvalue weighted by atomic mass is 79.9. The van der Waals surface area contributed by atoms with Gasteiger partial charge in [0.05, 0.1) is 0 Å². The van der Waals surface area contributed by atoms with Crippen LogP contribution >= 0.6 is 27.5 Å². The molecule has 0 fully saturated rings. The summed E-state index contributed by atoms with van der Waals surface area (Å²) in [5.41, 5.74) is 7.94. The Bertz CT molecular complexity index is 963. The predicted octanol–water partition coefficient (Wildman–Crippen LogP) is 6.59. The first-order valence-corrected chi connectivity index (χ1v) is 11.6. The number of hydrogen-bond donors (Lipinski definition) is 1. The minimum Gasteiger partial charge on any atom is -0.358 e. The van der Waals surface area contributed by atoms with Gasteiger partial charge in [-0.2, -0.15) is 0 Å². The lowest BCUT2D eigenvalue weighted by Crippen LogP contribution is -2.45. The highest BCUT2D eigenvalue weighted by Gasteiger charge is 2.28. The quantitative estimate of drug-likeness (QED) is 0.541. The second kappa shape index (κ2) is 9.07. The second-order valence-electron chi connectivity index (χ2n) is 8.10. The van der Waals surface area contributed by atoms with E-state index in [1.807, 2.05) is 18.2 Å². The van der Waals surface area contributed by atoms with Crippen LogP contribution in [0.25, 0.3) is 5.70 Å². The molecule has 0 amide bonds. The average Bonchev–Trinajstić information content (AvgIpc) is 2.73. The Morgan fingerprint density at radius 1 is 1.17 bits per heavy atom. The Balaban J connectivity index is 1.49. The summed E-state index contributed by atoms with van der Waals surface area (Å²) in [6.45, 7) is 6.44. The van der Waals surface area contributed by atoms with E-state index >= 15 is 0 Å². The third kappa shape index (κ3) is 4.63. The van der Waals surface area contributed by atoms with Gasteiger partial charge in [-0.15, -0.1) is 0 Å². The Labute approximate surface area is 187 Å². The topological polar surface area (TPSA) is 15.3 Å². The molecule has 1 aliphatic heterocycles. The van der Waals surface area contributed by atoms with Gasteiger partial charge >= 0.3 is 0 Å². The van der Waals surface area contributed by atoms with Gasteiger partial charge in [-0.05, 0) is 68.9 Å². The zero-order valence-corrected chi connectivity index (χ0v) is 19.5. The summed E-state index contributed by atoms with van der Waals surface area (Å²) in [7, 11) is 0. The zero-order valence-electron chi connectivity index (χ0n) is 17.1. The van der Waals surface area contributed by atoms with Crippen molar-refractivity contribution in [2.45, 2.75) is 45.6 Å². The van der Waals surface area contributed by atoms with Gasteiger partial charge in [0.1, 0.15) is 0 Å². The van der Waals surface area contributed by atoms with E-state index in [0.717, 1.165) is 42.2 Å². The van der Waals surface area contributed by atoms with Crippen molar-refractivity contribution < 1.29 is 0 Å². The molecule has 2 aromatic rings. The van der Waals surface area contributed by atoms with Crippen molar-refractivity contribution >= 4 is 33.2 Å². The molecule has 1 atom stereocenters. The minimum absolute atomic E-state index is 0.607. The van der Waals surface area contributed by atoms with Crippen molar-refractivity contribution in [2.75, 3.05) is 13.1 Å². The SMILES string of the molecule is C/C=C(\NC1=C(C)CCN(C2CCc3ccc(Br)cc3C2)C1)c1ccccc1Cl. The molecule has 0 spiro atoms. The van der Waals surface area contributed by atoms with Gasteiger partial charge in [0.15, 0.2) is 0 Å². The summed E-state index contributed by atoms with van der Waals surface area (Å²) in [5.74, 6) is 0. The Morgan fingerprint density at radius 2 is 2.00 bits per heavy atom. The first-order chi connectivity index (χ1) is 14.0. The number of aryl methyl sites for hydroxylation is 1. The third-order valence-electron chi connectivity index (χ3n) is 6.28. The summed E-state index contributed by atoms with van der Waals surface area (Å²) in [4.78, 5) is 2.67. The number of nitrogens with one attached hydrogen (secondary N) is 1. The molecule has 1 unspecified atom stereocenters. The number of hydrogen-bond acceptors (Lipinski definition) is 2. The van der Waals surface area contributed by atoms with Gasteiger partial charge in [-0.3, -0.25) is 4.90 Å². The van der Waals surface area contributed by atoms with Crippen LogP contribution in [0.15, 0.2) is 64.3 Å². The predicted molar refractivity (Wildman–Crippen MR) is 127 cm³/mol. The van der Waals surface area contributed by atoms with E-state index < -0.39 is 0 Å². The molecule has 0 aromatic heterocycles. The van der Waals surface area contributed by atoms with Crippen LogP contribution in [-0.4, -0.2) is 24.0 Å². The number of allylic oxidation sites excluding steroid dienone is 1. The lowest BCUT2D eigenvalue weighted by Gasteiger charge is -2.39. The molecule has 152 valence electrons. The molecule has 0 bridgehead atoms. The molecular weight excluding hydrogens is 444 g/mol. The molecule has 0 saturated heterocycles. The molecule has 29 heavy (non-hydrogen) atoms. The van der Waals surface area contributed by atoms with Crippen molar-refractivity contribution in [3.63, 3.8) is 0 Å². The van der Waals surface area contributed by atoms with Crippen molar-refractivity contribution in [1.82, 2.24) is 10.2 Å². The number of fused-ring (bicyclic) bond motifs is 1. The van der Waals surface area contributed by atoms with Crippen LogP contribution in [0.3, 0.4) is 0 Å². The molecule has 1 N–H and O–H groups in total. The van der Waals surface area contributed by atoms with E-state index in [0.29, 0.717) is 6.04 Å². The largest absolute Gasteiger partial charge is 0.358 e. The smallest absolute Gasteiger partial charge is 0.0499 e. The number of benzene rings is 2. The van der Waals surface area contributed by atoms with E-state index in [9.17, 15) is 0 Å². The van der Waals surface area contributed by atoms with Crippen molar-refractivity contribution in [2.24, 2.45) is 0 Å². The summed E-state index contributed by atoms with van der Waals surface area (Å²) in [6.07, 6.45) is 6.79. The molecule has 1 aliphatic carbocycles. The summed E-state index contributed by atoms with van der Waals surface area (Å²) >= 11 is 10.1. The van der Waals surface area contributed by atoms with E-state index in [2.05, 4.69) is 70.3 Å². The molecule has 2 aliphatic rings. The maximum Gasteiger partial charge on any atom is 0.0499 e. The molecule has 1 heterocycles. The minimum atomic E-state index is 0.607. The zero-order chi connectivity index (χ0) is 20.4. The molecule has 2 nitrogen and oxygen atoms in total. The highest BCUT2D eigenvalue weighted by molar-refractivity contribution is 9.10. The standard InChI is InChI=1S/C25H28BrClN2/c1-3-24(22-6-4-5-7-23(22)27)28-25-16-29(13-12-17(25)2)21-11-9-18-8-10-20(26)14-19(18)15-21/h3-8,10,14,21,28H,9,11-13,15-16H2,1-2H3/b24-3-. The number of halogens is 2. The van der Waals surface area contributed by atoms with E-state index in [1.165, 1.54) is 39.7 Å². The third-order valence-corrected chi connectivity index (χ3v) is 7.10. The number of rotatable bonds is 4. The lowest BCUT2D eigenvalue weighted by molar-refractivity contribution is 0.185. The normalized spacial score (nSPS) is 20.6. The first kappa shape index (κ1) is 20.7. The molecular formula is C25H28BrClN2. The molecule has 4 heteroatoms. The summed E-state index contributed by atoms with van der Waals surface area (Å²) in [6, 6.07) is 15.4. The van der Waals surface area contributed by atoms with Crippen LogP contribution in [0.4, 0.5) is 0 Å². The van der Waals surface area contributed by atoms with Crippen molar-refractivity contribution in [1.29, 1.82) is 0 Å². The summed E-state index contributed by atoms with van der Waals surface area (Å²) in [5, 5.41) is 4.50. The lowest BCUT2D eigenvalue weighted by atomic mass is 9.86. The van der Waals surface area contributed by atoms with Gasteiger partial charge in [0.2, 0.25) is 0 Å². The van der Waals surface area contributed by atoms with Gasteiger partial charge in [-0.1, -0.05) is 63.4 Å². The molecule has 4 rings (SSSR count). The van der Waals surface area contributed by atoms with Crippen LogP contribution in [-0.2, 0) is 12.8 Å². The Morgan fingerprint density at radius 3 is 2.79 bits per heavy atom. The van der Waals surface area contributed by atoms with Gasteiger partial charge in [0, 0.05) is 45.6 Å². The summed E-state index contributed by atoms with van der Waals surface area (Å²) < 4.78 is 1.19.